The second kappa shape index (κ2) is 5.45. The summed E-state index contributed by atoms with van der Waals surface area (Å²) in [6, 6.07) is 0.425. The van der Waals surface area contributed by atoms with E-state index in [4.69, 9.17) is 0 Å². The minimum atomic E-state index is 0.292. The Labute approximate surface area is 103 Å². The number of ketones is 1. The van der Waals surface area contributed by atoms with Crippen molar-refractivity contribution in [1.29, 1.82) is 0 Å². The molecule has 4 nitrogen and oxygen atoms in total. The Bertz CT molecular complexity index is 386. The molecule has 1 aliphatic rings. The fraction of sp³-hybridized carbons (Fsp3) is 0.692. The van der Waals surface area contributed by atoms with Crippen molar-refractivity contribution >= 4 is 5.78 Å². The molecule has 0 bridgehead atoms. The number of imidazole rings is 1. The molecule has 0 amide bonds. The van der Waals surface area contributed by atoms with Crippen LogP contribution in [-0.4, -0.2) is 32.8 Å². The van der Waals surface area contributed by atoms with E-state index in [1.165, 1.54) is 6.42 Å². The molecule has 1 aliphatic heterocycles. The van der Waals surface area contributed by atoms with Gasteiger partial charge in [0.1, 0.15) is 11.6 Å². The highest BCUT2D eigenvalue weighted by atomic mass is 16.1. The summed E-state index contributed by atoms with van der Waals surface area (Å²) in [7, 11) is 0. The monoisotopic (exact) mass is 235 g/mol. The smallest absolute Gasteiger partial charge is 0.131 e. The topological polar surface area (TPSA) is 38.1 Å². The summed E-state index contributed by atoms with van der Waals surface area (Å²) >= 11 is 0. The highest BCUT2D eigenvalue weighted by Gasteiger charge is 2.26. The number of carbonyl (C=O) groups is 1. The maximum absolute atomic E-state index is 11.2. The lowest BCUT2D eigenvalue weighted by atomic mass is 10.1. The van der Waals surface area contributed by atoms with Crippen LogP contribution in [-0.2, 0) is 17.9 Å². The second-order valence-electron chi connectivity index (χ2n) is 4.80. The molecule has 1 unspecified atom stereocenters. The van der Waals surface area contributed by atoms with Crippen molar-refractivity contribution in [2.24, 2.45) is 0 Å². The Morgan fingerprint density at radius 1 is 1.59 bits per heavy atom. The molecule has 17 heavy (non-hydrogen) atoms. The molecule has 0 aromatic carbocycles. The van der Waals surface area contributed by atoms with E-state index in [1.54, 1.807) is 6.92 Å². The summed E-state index contributed by atoms with van der Waals surface area (Å²) in [5, 5.41) is 0. The molecule has 4 heteroatoms. The van der Waals surface area contributed by atoms with Crippen molar-refractivity contribution < 1.29 is 4.79 Å². The molecule has 1 saturated heterocycles. The van der Waals surface area contributed by atoms with Gasteiger partial charge in [-0.15, -0.1) is 0 Å². The van der Waals surface area contributed by atoms with Crippen LogP contribution in [0.2, 0.25) is 0 Å². The summed E-state index contributed by atoms with van der Waals surface area (Å²) in [5.74, 6) is 1.41. The third-order valence-corrected chi connectivity index (χ3v) is 3.51. The Kier molecular flexibility index (Phi) is 3.94. The zero-order valence-electron chi connectivity index (χ0n) is 10.7. The van der Waals surface area contributed by atoms with E-state index in [1.807, 2.05) is 12.4 Å². The number of hydrogen-bond acceptors (Lipinski definition) is 3. The van der Waals surface area contributed by atoms with Gasteiger partial charge in [-0.3, -0.25) is 9.69 Å². The SMILES string of the molecule is CCn1ccnc1CN1CCCC1CC(C)=O. The number of carbonyl (C=O) groups excluding carboxylic acids is 1. The zero-order chi connectivity index (χ0) is 12.3. The van der Waals surface area contributed by atoms with E-state index in [0.717, 1.165) is 31.9 Å². The van der Waals surface area contributed by atoms with Gasteiger partial charge in [0, 0.05) is 31.4 Å². The van der Waals surface area contributed by atoms with Crippen molar-refractivity contribution in [3.05, 3.63) is 18.2 Å². The van der Waals surface area contributed by atoms with Crippen molar-refractivity contribution in [2.75, 3.05) is 6.54 Å². The Morgan fingerprint density at radius 3 is 3.12 bits per heavy atom. The first-order chi connectivity index (χ1) is 8.20. The quantitative estimate of drug-likeness (QED) is 0.781. The molecule has 0 spiro atoms. The highest BCUT2D eigenvalue weighted by Crippen LogP contribution is 2.22. The minimum absolute atomic E-state index is 0.292. The molecule has 0 saturated carbocycles. The van der Waals surface area contributed by atoms with E-state index in [9.17, 15) is 4.79 Å². The largest absolute Gasteiger partial charge is 0.334 e. The lowest BCUT2D eigenvalue weighted by Gasteiger charge is -2.23. The molecule has 1 aromatic heterocycles. The predicted octanol–water partition coefficient (Wildman–Crippen LogP) is 1.85. The lowest BCUT2D eigenvalue weighted by molar-refractivity contribution is -0.118. The van der Waals surface area contributed by atoms with E-state index < -0.39 is 0 Å². The molecule has 2 heterocycles. The molecule has 94 valence electrons. The van der Waals surface area contributed by atoms with E-state index in [0.29, 0.717) is 18.2 Å². The van der Waals surface area contributed by atoms with Crippen molar-refractivity contribution in [1.82, 2.24) is 14.5 Å². The van der Waals surface area contributed by atoms with Gasteiger partial charge in [-0.25, -0.2) is 4.98 Å². The molecule has 1 aromatic rings. The Hall–Kier alpha value is -1.16. The molecular weight excluding hydrogens is 214 g/mol. The van der Waals surface area contributed by atoms with Gasteiger partial charge >= 0.3 is 0 Å². The standard InChI is InChI=1S/C13H21N3O/c1-3-15-8-6-14-13(15)10-16-7-4-5-12(16)9-11(2)17/h6,8,12H,3-5,7,9-10H2,1-2H3. The van der Waals surface area contributed by atoms with E-state index in [-0.39, 0.29) is 0 Å². The van der Waals surface area contributed by atoms with Crippen LogP contribution in [0.25, 0.3) is 0 Å². The molecule has 0 N–H and O–H groups in total. The van der Waals surface area contributed by atoms with Gasteiger partial charge in [0.2, 0.25) is 0 Å². The summed E-state index contributed by atoms with van der Waals surface area (Å²) in [6.45, 7) is 6.74. The Balaban J connectivity index is 2.00. The maximum atomic E-state index is 11.2. The van der Waals surface area contributed by atoms with Gasteiger partial charge in [-0.1, -0.05) is 0 Å². The molecule has 1 fully saturated rings. The fourth-order valence-electron chi connectivity index (χ4n) is 2.63. The molecular formula is C13H21N3O. The van der Waals surface area contributed by atoms with Crippen LogP contribution in [0, 0.1) is 0 Å². The summed E-state index contributed by atoms with van der Waals surface area (Å²) in [5.41, 5.74) is 0. The van der Waals surface area contributed by atoms with Crippen molar-refractivity contribution in [2.45, 2.75) is 52.2 Å². The first kappa shape index (κ1) is 12.3. The van der Waals surface area contributed by atoms with Crippen molar-refractivity contribution in [3.8, 4) is 0 Å². The molecule has 0 aliphatic carbocycles. The molecule has 0 radical (unpaired) electrons. The third-order valence-electron chi connectivity index (χ3n) is 3.51. The van der Waals surface area contributed by atoms with Crippen LogP contribution in [0.15, 0.2) is 12.4 Å². The van der Waals surface area contributed by atoms with Gasteiger partial charge in [0.25, 0.3) is 0 Å². The molecule has 2 rings (SSSR count). The normalized spacial score (nSPS) is 20.9. The van der Waals surface area contributed by atoms with E-state index >= 15 is 0 Å². The fourth-order valence-corrected chi connectivity index (χ4v) is 2.63. The first-order valence-corrected chi connectivity index (χ1v) is 6.44. The zero-order valence-corrected chi connectivity index (χ0v) is 10.7. The summed E-state index contributed by atoms with van der Waals surface area (Å²) in [6.07, 6.45) is 6.91. The predicted molar refractivity (Wildman–Crippen MR) is 66.6 cm³/mol. The Morgan fingerprint density at radius 2 is 2.41 bits per heavy atom. The second-order valence-corrected chi connectivity index (χ2v) is 4.80. The minimum Gasteiger partial charge on any atom is -0.334 e. The van der Waals surface area contributed by atoms with Crippen LogP contribution >= 0.6 is 0 Å². The maximum Gasteiger partial charge on any atom is 0.131 e. The number of aromatic nitrogens is 2. The number of hydrogen-bond donors (Lipinski definition) is 0. The van der Waals surface area contributed by atoms with Crippen molar-refractivity contribution in [3.63, 3.8) is 0 Å². The summed E-state index contributed by atoms with van der Waals surface area (Å²) < 4.78 is 2.17. The van der Waals surface area contributed by atoms with Gasteiger partial charge in [-0.2, -0.15) is 0 Å². The number of nitrogens with zero attached hydrogens (tertiary/aromatic N) is 3. The van der Waals surface area contributed by atoms with Gasteiger partial charge in [0.15, 0.2) is 0 Å². The average molecular weight is 235 g/mol. The highest BCUT2D eigenvalue weighted by molar-refractivity contribution is 5.76. The number of aryl methyl sites for hydroxylation is 1. The van der Waals surface area contributed by atoms with Crippen LogP contribution in [0.4, 0.5) is 0 Å². The first-order valence-electron chi connectivity index (χ1n) is 6.44. The van der Waals surface area contributed by atoms with Crippen LogP contribution < -0.4 is 0 Å². The van der Waals surface area contributed by atoms with Gasteiger partial charge in [0.05, 0.1) is 6.54 Å². The lowest BCUT2D eigenvalue weighted by Crippen LogP contribution is -2.31. The number of rotatable bonds is 5. The van der Waals surface area contributed by atoms with E-state index in [2.05, 4.69) is 21.4 Å². The van der Waals surface area contributed by atoms with Crippen LogP contribution in [0.3, 0.4) is 0 Å². The van der Waals surface area contributed by atoms with Crippen LogP contribution in [0.5, 0.6) is 0 Å². The number of Topliss-reactive ketones (excluding diaryl/α,β-unsaturated/α-hetero) is 1. The van der Waals surface area contributed by atoms with Gasteiger partial charge in [-0.05, 0) is 33.2 Å². The van der Waals surface area contributed by atoms with Gasteiger partial charge < -0.3 is 4.57 Å². The summed E-state index contributed by atoms with van der Waals surface area (Å²) in [4.78, 5) is 18.0. The van der Waals surface area contributed by atoms with Crippen LogP contribution in [0.1, 0.15) is 38.9 Å². The third kappa shape index (κ3) is 2.94. The number of likely N-dealkylation sites (tertiary alicyclic amines) is 1. The molecule has 1 atom stereocenters. The average Bonchev–Trinajstić information content (AvgIpc) is 2.88.